The number of carboxylic acids is 2. The molecule has 65 valence electrons. The average Bonchev–Trinajstić information content (AvgIpc) is 1.63. The molecule has 0 rings (SSSR count). The molecule has 0 spiro atoms. The summed E-state index contributed by atoms with van der Waals surface area (Å²) in [5.74, 6) is -3.08. The van der Waals surface area contributed by atoms with E-state index in [1.807, 2.05) is 0 Å². The van der Waals surface area contributed by atoms with E-state index in [0.29, 0.717) is 0 Å². The van der Waals surface area contributed by atoms with Crippen molar-refractivity contribution in [3.05, 3.63) is 0 Å². The fourth-order valence-electron chi connectivity index (χ4n) is 0.263. The molecule has 1 radical (unpaired) electrons. The molecular formula is C4H6ClMnNO4. The minimum atomic E-state index is -1.58. The zero-order valence-electron chi connectivity index (χ0n) is 5.28. The van der Waals surface area contributed by atoms with Crippen molar-refractivity contribution in [1.29, 1.82) is 0 Å². The third-order valence-corrected chi connectivity index (χ3v) is 0.689. The zero-order valence-corrected chi connectivity index (χ0v) is 7.28. The molecule has 0 bridgehead atoms. The van der Waals surface area contributed by atoms with E-state index in [-0.39, 0.29) is 29.5 Å². The van der Waals surface area contributed by atoms with Crippen LogP contribution in [-0.2, 0) is 26.7 Å². The van der Waals surface area contributed by atoms with Crippen LogP contribution in [0.2, 0.25) is 0 Å². The van der Waals surface area contributed by atoms with Gasteiger partial charge in [0.05, 0.1) is 5.97 Å². The second-order valence-corrected chi connectivity index (χ2v) is 1.50. The van der Waals surface area contributed by atoms with Gasteiger partial charge in [-0.3, -0.25) is 0 Å². The van der Waals surface area contributed by atoms with Crippen LogP contribution < -0.4 is 15.9 Å². The first-order valence-electron chi connectivity index (χ1n) is 2.20. The summed E-state index contributed by atoms with van der Waals surface area (Å²) in [6.45, 7) is 0. The first-order valence-corrected chi connectivity index (χ1v) is 2.20. The molecule has 0 aromatic heterocycles. The smallest absolute Gasteiger partial charge is 0.550 e. The molecule has 7 heteroatoms. The van der Waals surface area contributed by atoms with Gasteiger partial charge in [-0.25, -0.2) is 0 Å². The molecule has 0 saturated heterocycles. The predicted molar refractivity (Wildman–Crippen MR) is 29.9 cm³/mol. The maximum Gasteiger partial charge on any atom is 2.00 e. The van der Waals surface area contributed by atoms with Crippen molar-refractivity contribution in [2.24, 2.45) is 5.73 Å². The summed E-state index contributed by atoms with van der Waals surface area (Å²) in [7, 11) is 0. The van der Waals surface area contributed by atoms with Gasteiger partial charge in [0.2, 0.25) is 0 Å². The summed E-state index contributed by atoms with van der Waals surface area (Å²) in [5, 5.41) is 19.3. The molecule has 0 aliphatic rings. The molecular weight excluding hydrogens is 216 g/mol. The summed E-state index contributed by atoms with van der Waals surface area (Å²) in [6.07, 6.45) is -0.706. The van der Waals surface area contributed by atoms with Crippen molar-refractivity contribution < 1.29 is 36.9 Å². The number of nitrogens with two attached hydrogens (primary N) is 1. The van der Waals surface area contributed by atoms with Crippen molar-refractivity contribution in [2.45, 2.75) is 12.5 Å². The number of hydrogen-bond acceptors (Lipinski definition) is 5. The first kappa shape index (κ1) is 17.0. The summed E-state index contributed by atoms with van der Waals surface area (Å²) < 4.78 is 0. The van der Waals surface area contributed by atoms with Gasteiger partial charge in [0.15, 0.2) is 0 Å². The number of carboxylic acid groups (broad SMARTS) is 2. The summed E-state index contributed by atoms with van der Waals surface area (Å²) >= 11 is 0. The SMILES string of the molecule is Cl.NC(CC(=O)[O-])C(=O)[O-].[Mn+2]. The number of halogens is 1. The first-order chi connectivity index (χ1) is 4.04. The maximum atomic E-state index is 9.71. The van der Waals surface area contributed by atoms with Crippen LogP contribution in [0.5, 0.6) is 0 Å². The van der Waals surface area contributed by atoms with E-state index in [9.17, 15) is 19.8 Å². The van der Waals surface area contributed by atoms with Crippen LogP contribution in [0, 0.1) is 0 Å². The van der Waals surface area contributed by atoms with E-state index in [1.165, 1.54) is 0 Å². The summed E-state index contributed by atoms with van der Waals surface area (Å²) in [4.78, 5) is 19.3. The quantitative estimate of drug-likeness (QED) is 0.502. The molecule has 0 saturated carbocycles. The van der Waals surface area contributed by atoms with Gasteiger partial charge in [0.1, 0.15) is 0 Å². The second kappa shape index (κ2) is 7.81. The Balaban J connectivity index is -0.000000320. The van der Waals surface area contributed by atoms with Crippen molar-refractivity contribution in [3.63, 3.8) is 0 Å². The number of aliphatic carboxylic acids is 2. The Kier molecular flexibility index (Phi) is 12.1. The van der Waals surface area contributed by atoms with Gasteiger partial charge in [0, 0.05) is 18.4 Å². The standard InChI is InChI=1S/C4H7NO4.ClH.Mn/c5-2(4(8)9)1-3(6)7;;/h2H,1,5H2,(H,6,7)(H,8,9);1H;/q;;+2/p-2. The minimum absolute atomic E-state index is 0. The summed E-state index contributed by atoms with van der Waals surface area (Å²) in [6, 6.07) is -1.46. The van der Waals surface area contributed by atoms with Gasteiger partial charge in [-0.2, -0.15) is 0 Å². The van der Waals surface area contributed by atoms with E-state index >= 15 is 0 Å². The van der Waals surface area contributed by atoms with Crippen LogP contribution >= 0.6 is 12.4 Å². The van der Waals surface area contributed by atoms with E-state index in [1.54, 1.807) is 0 Å². The van der Waals surface area contributed by atoms with Gasteiger partial charge in [-0.15, -0.1) is 12.4 Å². The van der Waals surface area contributed by atoms with Crippen LogP contribution in [0.3, 0.4) is 0 Å². The second-order valence-electron chi connectivity index (χ2n) is 1.50. The fourth-order valence-corrected chi connectivity index (χ4v) is 0.263. The Morgan fingerprint density at radius 2 is 1.73 bits per heavy atom. The number of carbonyl (C=O) groups is 2. The predicted octanol–water partition coefficient (Wildman–Crippen LogP) is -3.38. The van der Waals surface area contributed by atoms with Crippen LogP contribution in [0.15, 0.2) is 0 Å². The van der Waals surface area contributed by atoms with Gasteiger partial charge in [0.25, 0.3) is 0 Å². The van der Waals surface area contributed by atoms with Crippen molar-refractivity contribution in [1.82, 2.24) is 0 Å². The molecule has 5 nitrogen and oxygen atoms in total. The van der Waals surface area contributed by atoms with E-state index in [2.05, 4.69) is 0 Å². The normalized spacial score (nSPS) is 10.3. The maximum absolute atomic E-state index is 9.71. The molecule has 2 N–H and O–H groups in total. The number of rotatable bonds is 3. The van der Waals surface area contributed by atoms with Crippen molar-refractivity contribution in [2.75, 3.05) is 0 Å². The van der Waals surface area contributed by atoms with Crippen LogP contribution in [0.1, 0.15) is 6.42 Å². The number of hydrogen-bond donors (Lipinski definition) is 1. The fraction of sp³-hybridized carbons (Fsp3) is 0.500. The van der Waals surface area contributed by atoms with E-state index < -0.39 is 24.4 Å². The Hall–Kier alpha value is -0.291. The number of carbonyl (C=O) groups excluding carboxylic acids is 2. The third-order valence-electron chi connectivity index (χ3n) is 0.689. The average molecular weight is 222 g/mol. The minimum Gasteiger partial charge on any atom is -0.550 e. The van der Waals surface area contributed by atoms with Crippen LogP contribution in [-0.4, -0.2) is 18.0 Å². The van der Waals surface area contributed by atoms with Crippen LogP contribution in [0.4, 0.5) is 0 Å². The van der Waals surface area contributed by atoms with Gasteiger partial charge < -0.3 is 25.5 Å². The summed E-state index contributed by atoms with van der Waals surface area (Å²) in [5.41, 5.74) is 4.73. The molecule has 0 heterocycles. The van der Waals surface area contributed by atoms with Gasteiger partial charge in [-0.05, 0) is 0 Å². The molecule has 1 atom stereocenters. The third kappa shape index (κ3) is 9.71. The molecule has 0 amide bonds. The Morgan fingerprint density at radius 1 is 1.36 bits per heavy atom. The van der Waals surface area contributed by atoms with Crippen molar-refractivity contribution in [3.8, 4) is 0 Å². The Labute approximate surface area is 79.8 Å². The largest absolute Gasteiger partial charge is 2.00 e. The molecule has 0 aromatic carbocycles. The van der Waals surface area contributed by atoms with E-state index in [0.717, 1.165) is 0 Å². The Morgan fingerprint density at radius 3 is 1.82 bits per heavy atom. The van der Waals surface area contributed by atoms with Gasteiger partial charge >= 0.3 is 17.1 Å². The molecule has 0 aliphatic carbocycles. The monoisotopic (exact) mass is 222 g/mol. The molecule has 0 fully saturated rings. The molecule has 1 unspecified atom stereocenters. The van der Waals surface area contributed by atoms with Crippen molar-refractivity contribution >= 4 is 24.3 Å². The topological polar surface area (TPSA) is 106 Å². The molecule has 0 aliphatic heterocycles. The molecule has 11 heavy (non-hydrogen) atoms. The Bertz CT molecular complexity index is 142. The zero-order chi connectivity index (χ0) is 7.44. The molecule has 0 aromatic rings. The van der Waals surface area contributed by atoms with Gasteiger partial charge in [-0.1, -0.05) is 0 Å². The van der Waals surface area contributed by atoms with Crippen LogP contribution in [0.25, 0.3) is 0 Å². The van der Waals surface area contributed by atoms with E-state index in [4.69, 9.17) is 5.73 Å².